The molecule has 1 heterocycles. The van der Waals surface area contributed by atoms with Gasteiger partial charge >= 0.3 is 0 Å². The number of nitrogen functional groups attached to an aromatic ring is 1. The Labute approximate surface area is 119 Å². The molecule has 0 unspecified atom stereocenters. The van der Waals surface area contributed by atoms with Crippen LogP contribution < -0.4 is 15.6 Å². The highest BCUT2D eigenvalue weighted by Crippen LogP contribution is 2.19. The summed E-state index contributed by atoms with van der Waals surface area (Å²) in [5, 5.41) is 7.82. The van der Waals surface area contributed by atoms with E-state index in [-0.39, 0.29) is 9.47 Å². The molecular formula is C10H11N5O3S2. The Bertz CT molecular complexity index is 714. The molecule has 1 aromatic carbocycles. The number of carbonyl (C=O) groups excluding carboxylic acids is 1. The lowest BCUT2D eigenvalue weighted by atomic mass is 10.3. The number of carbonyl (C=O) groups is 1. The minimum atomic E-state index is -4.01. The molecule has 0 saturated heterocycles. The molecule has 0 saturated carbocycles. The molecule has 0 aliphatic rings. The van der Waals surface area contributed by atoms with E-state index in [1.54, 1.807) is 30.3 Å². The number of sulfonamides is 1. The topological polar surface area (TPSA) is 118 Å². The normalized spacial score (nSPS) is 11.2. The van der Waals surface area contributed by atoms with Gasteiger partial charge in [0, 0.05) is 6.92 Å². The van der Waals surface area contributed by atoms with Gasteiger partial charge in [0.25, 0.3) is 14.4 Å². The summed E-state index contributed by atoms with van der Waals surface area (Å²) in [5.41, 5.74) is 5.74. The number of rotatable bonds is 4. The molecule has 0 spiro atoms. The fourth-order valence-electron chi connectivity index (χ4n) is 1.36. The van der Waals surface area contributed by atoms with Crippen LogP contribution in [0, 0.1) is 0 Å². The van der Waals surface area contributed by atoms with Gasteiger partial charge in [-0.05, 0) is 12.1 Å². The molecule has 3 N–H and O–H groups in total. The average molecular weight is 313 g/mol. The molecule has 1 amide bonds. The first-order valence-corrected chi connectivity index (χ1v) is 7.67. The molecule has 0 aliphatic carbocycles. The summed E-state index contributed by atoms with van der Waals surface area (Å²) in [4.78, 5) is 13.7. The number of anilines is 2. The number of nitrogens with one attached hydrogen (secondary N) is 1. The zero-order valence-corrected chi connectivity index (χ0v) is 12.0. The second kappa shape index (κ2) is 5.53. The van der Waals surface area contributed by atoms with Crippen molar-refractivity contribution in [3.05, 3.63) is 30.3 Å². The lowest BCUT2D eigenvalue weighted by Crippen LogP contribution is -2.45. The van der Waals surface area contributed by atoms with Crippen molar-refractivity contribution in [1.82, 2.24) is 15.0 Å². The molecule has 0 atom stereocenters. The van der Waals surface area contributed by atoms with Crippen LogP contribution in [0.25, 0.3) is 0 Å². The van der Waals surface area contributed by atoms with Gasteiger partial charge in [0.15, 0.2) is 0 Å². The fourth-order valence-corrected chi connectivity index (χ4v) is 3.21. The lowest BCUT2D eigenvalue weighted by molar-refractivity contribution is -0.116. The SMILES string of the molecule is CC(=O)N(NS(=O)(=O)c1nnc(N)s1)c1ccccc1. The summed E-state index contributed by atoms with van der Waals surface area (Å²) in [5.74, 6) is -0.489. The van der Waals surface area contributed by atoms with Gasteiger partial charge in [-0.15, -0.1) is 15.0 Å². The first-order chi connectivity index (χ1) is 9.40. The Kier molecular flexibility index (Phi) is 3.97. The van der Waals surface area contributed by atoms with E-state index >= 15 is 0 Å². The number of amides is 1. The van der Waals surface area contributed by atoms with Crippen LogP contribution in [0.1, 0.15) is 6.92 Å². The Hall–Kier alpha value is -2.04. The summed E-state index contributed by atoms with van der Waals surface area (Å²) in [6.45, 7) is 1.24. The highest BCUT2D eigenvalue weighted by molar-refractivity contribution is 7.91. The Morgan fingerprint density at radius 2 is 1.95 bits per heavy atom. The quantitative estimate of drug-likeness (QED) is 0.787. The number of hydrogen-bond donors (Lipinski definition) is 2. The van der Waals surface area contributed by atoms with Crippen molar-refractivity contribution >= 4 is 38.1 Å². The zero-order chi connectivity index (χ0) is 14.8. The van der Waals surface area contributed by atoms with Gasteiger partial charge in [-0.25, -0.2) is 13.4 Å². The van der Waals surface area contributed by atoms with Crippen LogP contribution in [-0.4, -0.2) is 24.5 Å². The molecule has 10 heteroatoms. The van der Waals surface area contributed by atoms with Crippen LogP contribution in [-0.2, 0) is 14.8 Å². The smallest absolute Gasteiger partial charge is 0.287 e. The molecule has 106 valence electrons. The van der Waals surface area contributed by atoms with Gasteiger partial charge < -0.3 is 5.73 Å². The highest BCUT2D eigenvalue weighted by atomic mass is 32.2. The van der Waals surface area contributed by atoms with Gasteiger partial charge in [0.05, 0.1) is 5.69 Å². The second-order valence-corrected chi connectivity index (χ2v) is 6.53. The maximum Gasteiger partial charge on any atom is 0.287 e. The van der Waals surface area contributed by atoms with E-state index in [0.29, 0.717) is 17.0 Å². The number of nitrogens with two attached hydrogens (primary N) is 1. The van der Waals surface area contributed by atoms with E-state index in [1.165, 1.54) is 6.92 Å². The van der Waals surface area contributed by atoms with Gasteiger partial charge in [-0.2, -0.15) is 0 Å². The monoisotopic (exact) mass is 313 g/mol. The predicted molar refractivity (Wildman–Crippen MR) is 74.2 cm³/mol. The molecule has 0 bridgehead atoms. The van der Waals surface area contributed by atoms with Crippen molar-refractivity contribution in [2.75, 3.05) is 10.7 Å². The molecule has 1 aromatic heterocycles. The standard InChI is InChI=1S/C10H11N5O3S2/c1-7(16)15(8-5-3-2-4-6-8)14-20(17,18)10-13-12-9(11)19-10/h2-6,14H,1H3,(H2,11,12). The number of nitrogens with zero attached hydrogens (tertiary/aromatic N) is 3. The van der Waals surface area contributed by atoms with Crippen LogP contribution in [0.3, 0.4) is 0 Å². The van der Waals surface area contributed by atoms with Gasteiger partial charge in [0.2, 0.25) is 11.0 Å². The minimum Gasteiger partial charge on any atom is -0.374 e. The van der Waals surface area contributed by atoms with Crippen molar-refractivity contribution < 1.29 is 13.2 Å². The van der Waals surface area contributed by atoms with Crippen molar-refractivity contribution in [2.24, 2.45) is 0 Å². The van der Waals surface area contributed by atoms with E-state index in [2.05, 4.69) is 15.0 Å². The Balaban J connectivity index is 2.32. The largest absolute Gasteiger partial charge is 0.374 e. The third kappa shape index (κ3) is 3.10. The van der Waals surface area contributed by atoms with Gasteiger partial charge in [-0.1, -0.05) is 29.5 Å². The molecule has 20 heavy (non-hydrogen) atoms. The Morgan fingerprint density at radius 3 is 2.45 bits per heavy atom. The van der Waals surface area contributed by atoms with Gasteiger partial charge in [0.1, 0.15) is 0 Å². The Morgan fingerprint density at radius 1 is 1.30 bits per heavy atom. The zero-order valence-electron chi connectivity index (χ0n) is 10.3. The number of benzene rings is 1. The summed E-state index contributed by atoms with van der Waals surface area (Å²) in [6, 6.07) is 8.31. The third-order valence-corrected chi connectivity index (χ3v) is 4.61. The van der Waals surface area contributed by atoms with Crippen molar-refractivity contribution in [1.29, 1.82) is 0 Å². The average Bonchev–Trinajstić information content (AvgIpc) is 2.84. The van der Waals surface area contributed by atoms with Crippen LogP contribution in [0.2, 0.25) is 0 Å². The molecular weight excluding hydrogens is 302 g/mol. The maximum absolute atomic E-state index is 12.1. The molecule has 8 nitrogen and oxygen atoms in total. The fraction of sp³-hybridized carbons (Fsp3) is 0.100. The molecule has 0 radical (unpaired) electrons. The molecule has 0 aliphatic heterocycles. The van der Waals surface area contributed by atoms with Gasteiger partial charge in [-0.3, -0.25) is 4.79 Å². The second-order valence-electron chi connectivity index (χ2n) is 3.69. The van der Waals surface area contributed by atoms with E-state index in [1.807, 2.05) is 0 Å². The number of aromatic nitrogens is 2. The lowest BCUT2D eigenvalue weighted by Gasteiger charge is -2.20. The summed E-state index contributed by atoms with van der Waals surface area (Å²) in [7, 11) is -4.01. The van der Waals surface area contributed by atoms with E-state index in [0.717, 1.165) is 5.01 Å². The summed E-state index contributed by atoms with van der Waals surface area (Å²) in [6.07, 6.45) is 0. The van der Waals surface area contributed by atoms with Crippen LogP contribution in [0.5, 0.6) is 0 Å². The summed E-state index contributed by atoms with van der Waals surface area (Å²) < 4.78 is 23.9. The van der Waals surface area contributed by atoms with Crippen LogP contribution in [0.15, 0.2) is 34.7 Å². The molecule has 2 rings (SSSR count). The highest BCUT2D eigenvalue weighted by Gasteiger charge is 2.25. The maximum atomic E-state index is 12.1. The molecule has 0 fully saturated rings. The number of hydrogen-bond acceptors (Lipinski definition) is 7. The van der Waals surface area contributed by atoms with Crippen LogP contribution >= 0.6 is 11.3 Å². The molecule has 2 aromatic rings. The van der Waals surface area contributed by atoms with Crippen molar-refractivity contribution in [3.63, 3.8) is 0 Å². The first-order valence-electron chi connectivity index (χ1n) is 5.37. The third-order valence-electron chi connectivity index (χ3n) is 2.19. The number of para-hydroxylation sites is 1. The first kappa shape index (κ1) is 14.4. The van der Waals surface area contributed by atoms with E-state index in [4.69, 9.17) is 5.73 Å². The van der Waals surface area contributed by atoms with Crippen molar-refractivity contribution in [2.45, 2.75) is 11.3 Å². The minimum absolute atomic E-state index is 0.0273. The summed E-state index contributed by atoms with van der Waals surface area (Å²) >= 11 is 0.711. The number of hydrazine groups is 1. The van der Waals surface area contributed by atoms with Crippen LogP contribution in [0.4, 0.5) is 10.8 Å². The predicted octanol–water partition coefficient (Wildman–Crippen LogP) is 0.367. The van der Waals surface area contributed by atoms with Crippen molar-refractivity contribution in [3.8, 4) is 0 Å². The van der Waals surface area contributed by atoms with E-state index < -0.39 is 15.9 Å². The van der Waals surface area contributed by atoms with E-state index in [9.17, 15) is 13.2 Å².